The van der Waals surface area contributed by atoms with Gasteiger partial charge in [0.1, 0.15) is 36.0 Å². The predicted molar refractivity (Wildman–Crippen MR) is 221 cm³/mol. The molecule has 0 aliphatic rings. The largest absolute Gasteiger partial charge is 0.508 e. The summed E-state index contributed by atoms with van der Waals surface area (Å²) in [6.07, 6.45) is 1.00. The number of carboxylic acid groups (broad SMARTS) is 3. The Kier molecular flexibility index (Phi) is 18.8. The van der Waals surface area contributed by atoms with Crippen LogP contribution in [-0.4, -0.2) is 134 Å². The number of aliphatic carboxylic acids is 3. The number of carboxylic acids is 3. The SMILES string of the molecule is CCCC[C@@H](C(=O)N[C@@H](CC(=O)O)C(=O)O)N(C)C(=O)[C@@H](Cc1c[nH]c2ccccc12)NC(=O)CNC(=O)[C@H](Cc1ccc(O)cc1)NC(=O)[C@H](C)NC(=O)[C@H](N)CCC(=O)O. The number of fused-ring (bicyclic) bond motifs is 1. The third kappa shape index (κ3) is 15.2. The summed E-state index contributed by atoms with van der Waals surface area (Å²) in [5, 5.41) is 50.3. The molecule has 0 spiro atoms. The minimum Gasteiger partial charge on any atom is -0.508 e. The lowest BCUT2D eigenvalue weighted by Crippen LogP contribution is -2.58. The Morgan fingerprint density at radius 2 is 1.42 bits per heavy atom. The number of aromatic nitrogens is 1. The van der Waals surface area contributed by atoms with Gasteiger partial charge in [0.25, 0.3) is 0 Å². The number of aromatic amines is 1. The number of hydrogen-bond acceptors (Lipinski definition) is 11. The summed E-state index contributed by atoms with van der Waals surface area (Å²) in [6, 6.07) is 4.68. The van der Waals surface area contributed by atoms with Gasteiger partial charge in [0.15, 0.2) is 0 Å². The molecule has 2 aromatic carbocycles. The second-order valence-electron chi connectivity index (χ2n) is 14.7. The molecule has 0 saturated carbocycles. The Morgan fingerprint density at radius 3 is 2.05 bits per heavy atom. The van der Waals surface area contributed by atoms with Crippen molar-refractivity contribution >= 4 is 64.3 Å². The summed E-state index contributed by atoms with van der Waals surface area (Å²) >= 11 is 0. The first-order chi connectivity index (χ1) is 29.3. The van der Waals surface area contributed by atoms with Gasteiger partial charge >= 0.3 is 17.9 Å². The van der Waals surface area contributed by atoms with Crippen LogP contribution in [0.1, 0.15) is 63.5 Å². The third-order valence-electron chi connectivity index (χ3n) is 9.86. The standard InChI is InChI=1S/C41H54N8O13/c1-4-5-10-32(39(59)48-31(41(61)62)19-35(54)55)49(3)40(60)30(18-24-20-43-28-9-7-6-8-26(24)28)46-33(51)21-44-38(58)29(17-23-11-13-25(50)14-12-23)47-36(56)22(2)45-37(57)27(42)15-16-34(52)53/h6-9,11-14,20,22,27,29-32,43,50H,4-5,10,15-19,21,42H2,1-3H3,(H,44,58)(H,45,57)(H,46,51)(H,47,56)(H,48,59)(H,52,53)(H,54,55)(H,61,62)/t22-,27+,29-,30+,31-,32-/m0/s1. The number of phenols is 1. The summed E-state index contributed by atoms with van der Waals surface area (Å²) < 4.78 is 0. The van der Waals surface area contributed by atoms with Gasteiger partial charge in [-0.2, -0.15) is 0 Å². The number of aromatic hydroxyl groups is 1. The number of rotatable bonds is 25. The fourth-order valence-corrected chi connectivity index (χ4v) is 6.37. The maximum atomic E-state index is 14.3. The quantitative estimate of drug-likeness (QED) is 0.0512. The van der Waals surface area contributed by atoms with E-state index in [0.717, 1.165) is 15.8 Å². The van der Waals surface area contributed by atoms with Crippen LogP contribution >= 0.6 is 0 Å². The number of para-hydroxylation sites is 1. The van der Waals surface area contributed by atoms with Crippen molar-refractivity contribution in [2.24, 2.45) is 5.73 Å². The molecule has 0 radical (unpaired) electrons. The zero-order valence-electron chi connectivity index (χ0n) is 34.5. The number of nitrogens with one attached hydrogen (secondary N) is 6. The van der Waals surface area contributed by atoms with Gasteiger partial charge in [-0.1, -0.05) is 50.1 Å². The number of amides is 6. The van der Waals surface area contributed by atoms with E-state index in [9.17, 15) is 58.5 Å². The fraction of sp³-hybridized carbons (Fsp3) is 0.439. The van der Waals surface area contributed by atoms with Crippen LogP contribution < -0.4 is 32.3 Å². The average Bonchev–Trinajstić information content (AvgIpc) is 3.63. The minimum absolute atomic E-state index is 0.0617. The van der Waals surface area contributed by atoms with Gasteiger partial charge in [-0.05, 0) is 49.1 Å². The van der Waals surface area contributed by atoms with Crippen LogP contribution in [0.4, 0.5) is 0 Å². The Labute approximate surface area is 356 Å². The van der Waals surface area contributed by atoms with Crippen LogP contribution in [0.25, 0.3) is 10.9 Å². The molecule has 62 heavy (non-hydrogen) atoms. The van der Waals surface area contributed by atoms with E-state index < -0.39 is 103 Å². The van der Waals surface area contributed by atoms with E-state index >= 15 is 0 Å². The van der Waals surface area contributed by atoms with Gasteiger partial charge < -0.3 is 62.6 Å². The predicted octanol–water partition coefficient (Wildman–Crippen LogP) is -0.497. The number of carbonyl (C=O) groups excluding carboxylic acids is 6. The molecule has 12 N–H and O–H groups in total. The molecule has 0 bridgehead atoms. The minimum atomic E-state index is -1.78. The number of nitrogens with zero attached hydrogens (tertiary/aromatic N) is 1. The number of likely N-dealkylation sites (N-methyl/N-ethyl adjacent to an activating group) is 1. The van der Waals surface area contributed by atoms with E-state index in [-0.39, 0.29) is 37.9 Å². The number of carbonyl (C=O) groups is 9. The van der Waals surface area contributed by atoms with Crippen molar-refractivity contribution in [2.45, 2.75) is 101 Å². The topological polar surface area (TPSA) is 340 Å². The Hall–Kier alpha value is -7.03. The van der Waals surface area contributed by atoms with Crippen molar-refractivity contribution < 1.29 is 63.6 Å². The van der Waals surface area contributed by atoms with Gasteiger partial charge in [0.2, 0.25) is 35.4 Å². The monoisotopic (exact) mass is 866 g/mol. The van der Waals surface area contributed by atoms with E-state index in [0.29, 0.717) is 24.0 Å². The average molecular weight is 867 g/mol. The number of phenolic OH excluding ortho intramolecular Hbond substituents is 1. The number of benzene rings is 2. The van der Waals surface area contributed by atoms with Crippen molar-refractivity contribution in [3.05, 3.63) is 65.9 Å². The first-order valence-corrected chi connectivity index (χ1v) is 19.8. The van der Waals surface area contributed by atoms with Gasteiger partial charge in [0, 0.05) is 43.4 Å². The molecule has 3 aromatic rings. The van der Waals surface area contributed by atoms with Crippen LogP contribution in [0, 0.1) is 0 Å². The number of H-pyrrole nitrogens is 1. The molecule has 0 aliphatic heterocycles. The molecule has 6 amide bonds. The van der Waals surface area contributed by atoms with Gasteiger partial charge in [-0.15, -0.1) is 0 Å². The normalized spacial score (nSPS) is 13.9. The highest BCUT2D eigenvalue weighted by Gasteiger charge is 2.35. The van der Waals surface area contributed by atoms with Crippen LogP contribution in [-0.2, 0) is 56.0 Å². The summed E-state index contributed by atoms with van der Waals surface area (Å²) in [6.45, 7) is 2.44. The Bertz CT molecular complexity index is 2090. The zero-order chi connectivity index (χ0) is 46.1. The Morgan fingerprint density at radius 1 is 0.758 bits per heavy atom. The van der Waals surface area contributed by atoms with Crippen LogP contribution in [0.3, 0.4) is 0 Å². The van der Waals surface area contributed by atoms with E-state index in [1.165, 1.54) is 38.2 Å². The third-order valence-corrected chi connectivity index (χ3v) is 9.86. The molecule has 0 fully saturated rings. The van der Waals surface area contributed by atoms with Crippen molar-refractivity contribution in [1.82, 2.24) is 36.5 Å². The fourth-order valence-electron chi connectivity index (χ4n) is 6.37. The van der Waals surface area contributed by atoms with Crippen LogP contribution in [0.2, 0.25) is 0 Å². The number of unbranched alkanes of at least 4 members (excludes halogenated alkanes) is 1. The van der Waals surface area contributed by atoms with Gasteiger partial charge in [0.05, 0.1) is 19.0 Å². The molecule has 21 nitrogen and oxygen atoms in total. The summed E-state index contributed by atoms with van der Waals surface area (Å²) in [7, 11) is 1.30. The maximum absolute atomic E-state index is 14.3. The molecular weight excluding hydrogens is 812 g/mol. The second kappa shape index (κ2) is 23.7. The molecule has 0 aliphatic carbocycles. The lowest BCUT2D eigenvalue weighted by molar-refractivity contribution is -0.148. The van der Waals surface area contributed by atoms with Gasteiger partial charge in [-0.25, -0.2) is 4.79 Å². The van der Waals surface area contributed by atoms with E-state index in [1.54, 1.807) is 30.5 Å². The first-order valence-electron chi connectivity index (χ1n) is 19.8. The van der Waals surface area contributed by atoms with E-state index in [4.69, 9.17) is 10.8 Å². The molecule has 3 rings (SSSR count). The summed E-state index contributed by atoms with van der Waals surface area (Å²) in [5.74, 6) is -9.26. The lowest BCUT2D eigenvalue weighted by atomic mass is 10.0. The zero-order valence-corrected chi connectivity index (χ0v) is 34.5. The van der Waals surface area contributed by atoms with Gasteiger partial charge in [-0.3, -0.25) is 38.4 Å². The van der Waals surface area contributed by atoms with Crippen molar-refractivity contribution in [3.63, 3.8) is 0 Å². The first kappa shape index (κ1) is 49.3. The van der Waals surface area contributed by atoms with Crippen LogP contribution in [0.15, 0.2) is 54.7 Å². The summed E-state index contributed by atoms with van der Waals surface area (Å²) in [4.78, 5) is 119. The van der Waals surface area contributed by atoms with Crippen molar-refractivity contribution in [3.8, 4) is 5.75 Å². The highest BCUT2D eigenvalue weighted by atomic mass is 16.4. The lowest BCUT2D eigenvalue weighted by Gasteiger charge is -2.31. The van der Waals surface area contributed by atoms with E-state index in [2.05, 4.69) is 31.6 Å². The number of hydrogen-bond donors (Lipinski definition) is 11. The van der Waals surface area contributed by atoms with Crippen molar-refractivity contribution in [1.29, 1.82) is 0 Å². The molecule has 0 unspecified atom stereocenters. The van der Waals surface area contributed by atoms with Crippen LogP contribution in [0.5, 0.6) is 5.75 Å². The molecule has 1 aromatic heterocycles. The smallest absolute Gasteiger partial charge is 0.326 e. The summed E-state index contributed by atoms with van der Waals surface area (Å²) in [5.41, 5.74) is 7.59. The highest BCUT2D eigenvalue weighted by molar-refractivity contribution is 5.97. The molecule has 21 heteroatoms. The number of nitrogens with two attached hydrogens (primary N) is 1. The second-order valence-corrected chi connectivity index (χ2v) is 14.7. The molecule has 6 atom stereocenters. The Balaban J connectivity index is 1.84. The van der Waals surface area contributed by atoms with E-state index in [1.807, 2.05) is 6.92 Å². The maximum Gasteiger partial charge on any atom is 0.326 e. The molecule has 0 saturated heterocycles. The van der Waals surface area contributed by atoms with Crippen molar-refractivity contribution in [2.75, 3.05) is 13.6 Å². The molecule has 336 valence electrons. The molecular formula is C41H54N8O13. The molecule has 1 heterocycles. The highest BCUT2D eigenvalue weighted by Crippen LogP contribution is 2.21.